The second kappa shape index (κ2) is 5.39. The van der Waals surface area contributed by atoms with Crippen molar-refractivity contribution in [3.63, 3.8) is 0 Å². The summed E-state index contributed by atoms with van der Waals surface area (Å²) in [6, 6.07) is 1.53. The number of nitrogens with one attached hydrogen (secondary N) is 1. The molecular formula is C9H12Cl2N2O2. The zero-order valence-electron chi connectivity index (χ0n) is 8.51. The van der Waals surface area contributed by atoms with Gasteiger partial charge in [-0.15, -0.1) is 0 Å². The summed E-state index contributed by atoms with van der Waals surface area (Å²) in [4.78, 5) is 11.6. The van der Waals surface area contributed by atoms with E-state index in [0.29, 0.717) is 29.0 Å². The number of ether oxygens (including phenoxy) is 1. The van der Waals surface area contributed by atoms with Crippen LogP contribution in [0.1, 0.15) is 10.5 Å². The highest BCUT2D eigenvalue weighted by atomic mass is 35.5. The number of carbonyl (C=O) groups excluding carboxylic acids is 1. The molecular weight excluding hydrogens is 239 g/mol. The number of amides is 1. The minimum Gasteiger partial charge on any atom is -0.383 e. The Balaban J connectivity index is 2.70. The summed E-state index contributed by atoms with van der Waals surface area (Å²) in [6.45, 7) is 0.924. The van der Waals surface area contributed by atoms with Crippen molar-refractivity contribution < 1.29 is 9.53 Å². The highest BCUT2D eigenvalue weighted by Crippen LogP contribution is 2.24. The van der Waals surface area contributed by atoms with E-state index in [-0.39, 0.29) is 5.91 Å². The molecule has 1 aromatic heterocycles. The standard InChI is InChI=1S/C9H12Cl2N2O2/c1-13-7(5-6(10)8(13)11)9(14)12-3-4-15-2/h5H,3-4H2,1-2H3,(H,12,14). The van der Waals surface area contributed by atoms with Gasteiger partial charge < -0.3 is 14.6 Å². The number of aromatic nitrogens is 1. The predicted octanol–water partition coefficient (Wildman–Crippen LogP) is 1.71. The smallest absolute Gasteiger partial charge is 0.268 e. The molecule has 0 atom stereocenters. The van der Waals surface area contributed by atoms with Crippen molar-refractivity contribution in [2.24, 2.45) is 7.05 Å². The minimum atomic E-state index is -0.219. The third-order valence-electron chi connectivity index (χ3n) is 1.94. The summed E-state index contributed by atoms with van der Waals surface area (Å²) in [6.07, 6.45) is 0. The molecule has 15 heavy (non-hydrogen) atoms. The maximum atomic E-state index is 11.6. The van der Waals surface area contributed by atoms with Crippen molar-refractivity contribution >= 4 is 29.1 Å². The number of hydrogen-bond acceptors (Lipinski definition) is 2. The quantitative estimate of drug-likeness (QED) is 0.828. The predicted molar refractivity (Wildman–Crippen MR) is 59.6 cm³/mol. The van der Waals surface area contributed by atoms with E-state index in [9.17, 15) is 4.79 Å². The lowest BCUT2D eigenvalue weighted by Gasteiger charge is -2.05. The molecule has 6 heteroatoms. The van der Waals surface area contributed by atoms with E-state index in [2.05, 4.69) is 5.32 Å². The van der Waals surface area contributed by atoms with Gasteiger partial charge in [-0.05, 0) is 6.07 Å². The zero-order valence-corrected chi connectivity index (χ0v) is 10.0. The molecule has 0 spiro atoms. The fourth-order valence-electron chi connectivity index (χ4n) is 1.12. The van der Waals surface area contributed by atoms with Crippen molar-refractivity contribution in [2.45, 2.75) is 0 Å². The van der Waals surface area contributed by atoms with Gasteiger partial charge in [0.2, 0.25) is 0 Å². The van der Waals surface area contributed by atoms with Gasteiger partial charge in [-0.2, -0.15) is 0 Å². The van der Waals surface area contributed by atoms with Gasteiger partial charge in [0.15, 0.2) is 0 Å². The van der Waals surface area contributed by atoms with E-state index >= 15 is 0 Å². The molecule has 84 valence electrons. The van der Waals surface area contributed by atoms with Gasteiger partial charge in [0.05, 0.1) is 11.6 Å². The van der Waals surface area contributed by atoms with E-state index < -0.39 is 0 Å². The third kappa shape index (κ3) is 2.87. The molecule has 0 radical (unpaired) electrons. The van der Waals surface area contributed by atoms with Crippen LogP contribution in [0.3, 0.4) is 0 Å². The van der Waals surface area contributed by atoms with Gasteiger partial charge in [-0.25, -0.2) is 0 Å². The van der Waals surface area contributed by atoms with E-state index in [4.69, 9.17) is 27.9 Å². The fraction of sp³-hybridized carbons (Fsp3) is 0.444. The van der Waals surface area contributed by atoms with Gasteiger partial charge in [0, 0.05) is 20.7 Å². The second-order valence-electron chi connectivity index (χ2n) is 2.98. The van der Waals surface area contributed by atoms with Crippen molar-refractivity contribution in [2.75, 3.05) is 20.3 Å². The average Bonchev–Trinajstić information content (AvgIpc) is 2.46. The Morgan fingerprint density at radius 2 is 2.27 bits per heavy atom. The first-order valence-corrected chi connectivity index (χ1v) is 5.11. The van der Waals surface area contributed by atoms with Crippen LogP contribution in [0, 0.1) is 0 Å². The molecule has 1 amide bonds. The molecule has 1 rings (SSSR count). The topological polar surface area (TPSA) is 43.3 Å². The first kappa shape index (κ1) is 12.4. The van der Waals surface area contributed by atoms with Crippen LogP contribution < -0.4 is 5.32 Å². The van der Waals surface area contributed by atoms with Gasteiger partial charge in [-0.1, -0.05) is 23.2 Å². The second-order valence-corrected chi connectivity index (χ2v) is 3.74. The molecule has 0 aromatic carbocycles. The number of carbonyl (C=O) groups is 1. The molecule has 1 N–H and O–H groups in total. The Morgan fingerprint density at radius 1 is 1.60 bits per heavy atom. The van der Waals surface area contributed by atoms with Gasteiger partial charge in [0.1, 0.15) is 10.8 Å². The van der Waals surface area contributed by atoms with Crippen LogP contribution in [-0.4, -0.2) is 30.7 Å². The fourth-order valence-corrected chi connectivity index (χ4v) is 1.49. The van der Waals surface area contributed by atoms with Gasteiger partial charge >= 0.3 is 0 Å². The Labute approximate surface area is 98.1 Å². The Kier molecular flexibility index (Phi) is 4.45. The van der Waals surface area contributed by atoms with E-state index in [1.54, 1.807) is 14.2 Å². The van der Waals surface area contributed by atoms with Crippen molar-refractivity contribution in [1.82, 2.24) is 9.88 Å². The summed E-state index contributed by atoms with van der Waals surface area (Å²) < 4.78 is 6.35. The van der Waals surface area contributed by atoms with Crippen LogP contribution in [0.2, 0.25) is 10.2 Å². The average molecular weight is 251 g/mol. The van der Waals surface area contributed by atoms with E-state index in [1.807, 2.05) is 0 Å². The molecule has 0 saturated carbocycles. The van der Waals surface area contributed by atoms with E-state index in [0.717, 1.165) is 0 Å². The SMILES string of the molecule is COCCNC(=O)c1cc(Cl)c(Cl)n1C. The Hall–Kier alpha value is -0.710. The molecule has 4 nitrogen and oxygen atoms in total. The van der Waals surface area contributed by atoms with Crippen molar-refractivity contribution in [3.05, 3.63) is 21.9 Å². The minimum absolute atomic E-state index is 0.219. The maximum Gasteiger partial charge on any atom is 0.268 e. The van der Waals surface area contributed by atoms with Crippen LogP contribution >= 0.6 is 23.2 Å². The molecule has 0 bridgehead atoms. The number of halogens is 2. The van der Waals surface area contributed by atoms with Crippen molar-refractivity contribution in [1.29, 1.82) is 0 Å². The van der Waals surface area contributed by atoms with Crippen LogP contribution in [-0.2, 0) is 11.8 Å². The molecule has 0 aliphatic rings. The summed E-state index contributed by atoms with van der Waals surface area (Å²) in [5, 5.41) is 3.41. The Morgan fingerprint density at radius 3 is 2.73 bits per heavy atom. The summed E-state index contributed by atoms with van der Waals surface area (Å²) in [5.41, 5.74) is 0.432. The number of methoxy groups -OCH3 is 1. The number of nitrogens with zero attached hydrogens (tertiary/aromatic N) is 1. The first-order valence-electron chi connectivity index (χ1n) is 4.35. The highest BCUT2D eigenvalue weighted by molar-refractivity contribution is 6.41. The summed E-state index contributed by atoms with van der Waals surface area (Å²) >= 11 is 11.6. The number of rotatable bonds is 4. The summed E-state index contributed by atoms with van der Waals surface area (Å²) in [5.74, 6) is -0.219. The first-order chi connectivity index (χ1) is 7.07. The molecule has 0 aliphatic carbocycles. The maximum absolute atomic E-state index is 11.6. The van der Waals surface area contributed by atoms with Crippen LogP contribution in [0.25, 0.3) is 0 Å². The van der Waals surface area contributed by atoms with E-state index in [1.165, 1.54) is 10.6 Å². The lowest BCUT2D eigenvalue weighted by atomic mass is 10.4. The highest BCUT2D eigenvalue weighted by Gasteiger charge is 2.14. The Bertz CT molecular complexity index is 363. The van der Waals surface area contributed by atoms with Crippen LogP contribution in [0.4, 0.5) is 0 Å². The monoisotopic (exact) mass is 250 g/mol. The molecule has 1 heterocycles. The summed E-state index contributed by atoms with van der Waals surface area (Å²) in [7, 11) is 3.25. The molecule has 0 fully saturated rings. The normalized spacial score (nSPS) is 10.4. The largest absolute Gasteiger partial charge is 0.383 e. The lowest BCUT2D eigenvalue weighted by molar-refractivity contribution is 0.0929. The molecule has 0 unspecified atom stereocenters. The molecule has 0 saturated heterocycles. The third-order valence-corrected chi connectivity index (χ3v) is 2.78. The molecule has 1 aromatic rings. The molecule has 0 aliphatic heterocycles. The van der Waals surface area contributed by atoms with Crippen LogP contribution in [0.15, 0.2) is 6.07 Å². The lowest BCUT2D eigenvalue weighted by Crippen LogP contribution is -2.28. The van der Waals surface area contributed by atoms with Gasteiger partial charge in [-0.3, -0.25) is 4.79 Å². The zero-order chi connectivity index (χ0) is 11.4. The van der Waals surface area contributed by atoms with Crippen molar-refractivity contribution in [3.8, 4) is 0 Å². The van der Waals surface area contributed by atoms with Crippen LogP contribution in [0.5, 0.6) is 0 Å². The van der Waals surface area contributed by atoms with Gasteiger partial charge in [0.25, 0.3) is 5.91 Å². The number of hydrogen-bond donors (Lipinski definition) is 1.